The summed E-state index contributed by atoms with van der Waals surface area (Å²) in [6.45, 7) is 3.41. The van der Waals surface area contributed by atoms with Gasteiger partial charge in [-0.1, -0.05) is 12.1 Å². The number of pyridine rings is 1. The van der Waals surface area contributed by atoms with E-state index in [2.05, 4.69) is 43.2 Å². The molecule has 3 aromatic heterocycles. The zero-order chi connectivity index (χ0) is 15.5. The molecule has 3 aromatic rings. The lowest BCUT2D eigenvalue weighted by Gasteiger charge is -2.33. The zero-order valence-electron chi connectivity index (χ0n) is 12.7. The van der Waals surface area contributed by atoms with Gasteiger partial charge in [-0.15, -0.1) is 11.3 Å². The molecule has 0 N–H and O–H groups in total. The van der Waals surface area contributed by atoms with Gasteiger partial charge < -0.3 is 4.74 Å². The van der Waals surface area contributed by atoms with Crippen LogP contribution in [0.2, 0.25) is 0 Å². The second-order valence-corrected chi connectivity index (χ2v) is 6.68. The van der Waals surface area contributed by atoms with Gasteiger partial charge in [0.1, 0.15) is 6.61 Å². The molecule has 0 unspecified atom stereocenters. The summed E-state index contributed by atoms with van der Waals surface area (Å²) in [6.07, 6.45) is 3.62. The number of fused-ring (bicyclic) bond motifs is 1. The molecule has 118 valence electrons. The maximum Gasteiger partial charge on any atom is 0.213 e. The average Bonchev–Trinajstić information content (AvgIpc) is 3.25. The first-order valence-corrected chi connectivity index (χ1v) is 8.57. The van der Waals surface area contributed by atoms with Crippen LogP contribution in [-0.2, 0) is 13.1 Å². The Bertz CT molecular complexity index is 741. The molecule has 0 bridgehead atoms. The van der Waals surface area contributed by atoms with Crippen molar-refractivity contribution in [1.29, 1.82) is 0 Å². The highest BCUT2D eigenvalue weighted by molar-refractivity contribution is 7.09. The van der Waals surface area contributed by atoms with Gasteiger partial charge in [-0.2, -0.15) is 5.10 Å². The minimum Gasteiger partial charge on any atom is -0.475 e. The molecular formula is C17H18N4OS. The lowest BCUT2D eigenvalue weighted by atomic mass is 10.2. The van der Waals surface area contributed by atoms with E-state index in [1.54, 1.807) is 17.5 Å². The van der Waals surface area contributed by atoms with Crippen molar-refractivity contribution in [3.63, 3.8) is 0 Å². The third kappa shape index (κ3) is 3.28. The first-order valence-electron chi connectivity index (χ1n) is 7.69. The standard InChI is InChI=1S/C17H18N4OS/c1-2-7-18-17(5-1)22-13-15-11-20(12-16-4-3-9-23-16)10-14-6-8-19-21(14)15/h1-9,15H,10-13H2/t15-/m0/s1. The van der Waals surface area contributed by atoms with E-state index in [4.69, 9.17) is 4.74 Å². The number of aromatic nitrogens is 3. The molecule has 4 rings (SSSR count). The van der Waals surface area contributed by atoms with Crippen molar-refractivity contribution in [2.45, 2.75) is 19.1 Å². The minimum absolute atomic E-state index is 0.204. The van der Waals surface area contributed by atoms with Crippen LogP contribution in [0.15, 0.2) is 54.2 Å². The van der Waals surface area contributed by atoms with Crippen LogP contribution < -0.4 is 4.74 Å². The van der Waals surface area contributed by atoms with Crippen LogP contribution in [0.3, 0.4) is 0 Å². The van der Waals surface area contributed by atoms with Crippen molar-refractivity contribution < 1.29 is 4.74 Å². The molecular weight excluding hydrogens is 308 g/mol. The molecule has 0 aliphatic carbocycles. The molecule has 0 aromatic carbocycles. The van der Waals surface area contributed by atoms with Gasteiger partial charge in [-0.3, -0.25) is 9.58 Å². The lowest BCUT2D eigenvalue weighted by molar-refractivity contribution is 0.126. The quantitative estimate of drug-likeness (QED) is 0.723. The maximum absolute atomic E-state index is 5.86. The number of ether oxygens (including phenoxy) is 1. The monoisotopic (exact) mass is 326 g/mol. The topological polar surface area (TPSA) is 43.2 Å². The smallest absolute Gasteiger partial charge is 0.213 e. The molecule has 0 saturated carbocycles. The molecule has 23 heavy (non-hydrogen) atoms. The van der Waals surface area contributed by atoms with Gasteiger partial charge in [0.2, 0.25) is 5.88 Å². The molecule has 0 radical (unpaired) electrons. The predicted octanol–water partition coefficient (Wildman–Crippen LogP) is 2.98. The van der Waals surface area contributed by atoms with Gasteiger partial charge in [-0.05, 0) is 23.6 Å². The summed E-state index contributed by atoms with van der Waals surface area (Å²) in [5.41, 5.74) is 1.24. The number of hydrogen-bond acceptors (Lipinski definition) is 5. The van der Waals surface area contributed by atoms with Crippen molar-refractivity contribution in [2.75, 3.05) is 13.2 Å². The summed E-state index contributed by atoms with van der Waals surface area (Å²) >= 11 is 1.81. The molecule has 0 spiro atoms. The summed E-state index contributed by atoms with van der Waals surface area (Å²) in [7, 11) is 0. The molecule has 0 fully saturated rings. The van der Waals surface area contributed by atoms with Crippen LogP contribution in [-0.4, -0.2) is 32.8 Å². The van der Waals surface area contributed by atoms with E-state index < -0.39 is 0 Å². The van der Waals surface area contributed by atoms with E-state index in [0.29, 0.717) is 12.5 Å². The van der Waals surface area contributed by atoms with Gasteiger partial charge >= 0.3 is 0 Å². The van der Waals surface area contributed by atoms with Gasteiger partial charge in [0, 0.05) is 43.0 Å². The van der Waals surface area contributed by atoms with Crippen molar-refractivity contribution in [3.8, 4) is 5.88 Å². The van der Waals surface area contributed by atoms with Crippen molar-refractivity contribution >= 4 is 11.3 Å². The Kier molecular flexibility index (Phi) is 4.08. The molecule has 1 atom stereocenters. The van der Waals surface area contributed by atoms with E-state index in [-0.39, 0.29) is 6.04 Å². The summed E-state index contributed by atoms with van der Waals surface area (Å²) in [5.74, 6) is 0.664. The lowest BCUT2D eigenvalue weighted by Crippen LogP contribution is -2.39. The van der Waals surface area contributed by atoms with Crippen LogP contribution in [0.4, 0.5) is 0 Å². The van der Waals surface area contributed by atoms with Crippen molar-refractivity contribution in [3.05, 3.63) is 64.7 Å². The molecule has 1 aliphatic rings. The zero-order valence-corrected chi connectivity index (χ0v) is 13.5. The Morgan fingerprint density at radius 2 is 2.17 bits per heavy atom. The Balaban J connectivity index is 1.47. The highest BCUT2D eigenvalue weighted by atomic mass is 32.1. The molecule has 5 nitrogen and oxygen atoms in total. The fraction of sp³-hybridized carbons (Fsp3) is 0.294. The number of nitrogens with zero attached hydrogens (tertiary/aromatic N) is 4. The largest absolute Gasteiger partial charge is 0.475 e. The summed E-state index contributed by atoms with van der Waals surface area (Å²) in [4.78, 5) is 8.07. The van der Waals surface area contributed by atoms with Gasteiger partial charge in [0.25, 0.3) is 0 Å². The molecule has 0 amide bonds. The SMILES string of the molecule is c1ccc(OC[C@@H]2CN(Cc3cccs3)Cc3ccnn32)nc1. The first kappa shape index (κ1) is 14.4. The number of rotatable bonds is 5. The van der Waals surface area contributed by atoms with E-state index >= 15 is 0 Å². The highest BCUT2D eigenvalue weighted by Crippen LogP contribution is 2.23. The fourth-order valence-corrected chi connectivity index (χ4v) is 3.69. The van der Waals surface area contributed by atoms with Crippen LogP contribution in [0.5, 0.6) is 5.88 Å². The molecule has 6 heteroatoms. The highest BCUT2D eigenvalue weighted by Gasteiger charge is 2.26. The molecule has 0 saturated heterocycles. The predicted molar refractivity (Wildman–Crippen MR) is 89.4 cm³/mol. The second kappa shape index (κ2) is 6.52. The number of thiophene rings is 1. The van der Waals surface area contributed by atoms with Crippen LogP contribution in [0.1, 0.15) is 16.6 Å². The fourth-order valence-electron chi connectivity index (χ4n) is 2.95. The molecule has 4 heterocycles. The first-order chi connectivity index (χ1) is 11.4. The average molecular weight is 326 g/mol. The summed E-state index contributed by atoms with van der Waals surface area (Å²) < 4.78 is 7.95. The van der Waals surface area contributed by atoms with Crippen LogP contribution in [0, 0.1) is 0 Å². The van der Waals surface area contributed by atoms with Crippen molar-refractivity contribution in [1.82, 2.24) is 19.7 Å². The van der Waals surface area contributed by atoms with Crippen molar-refractivity contribution in [2.24, 2.45) is 0 Å². The minimum atomic E-state index is 0.204. The maximum atomic E-state index is 5.86. The van der Waals surface area contributed by atoms with E-state index in [0.717, 1.165) is 19.6 Å². The Hall–Kier alpha value is -2.18. The second-order valence-electron chi connectivity index (χ2n) is 5.65. The van der Waals surface area contributed by atoms with Gasteiger partial charge in [-0.25, -0.2) is 4.98 Å². The Labute approximate surface area is 139 Å². The summed E-state index contributed by atoms with van der Waals surface area (Å²) in [5, 5.41) is 6.60. The normalized spacial score (nSPS) is 17.8. The Morgan fingerprint density at radius 1 is 1.17 bits per heavy atom. The van der Waals surface area contributed by atoms with Crippen LogP contribution >= 0.6 is 11.3 Å². The number of hydrogen-bond donors (Lipinski definition) is 0. The van der Waals surface area contributed by atoms with Gasteiger partial charge in [0.05, 0.1) is 11.7 Å². The van der Waals surface area contributed by atoms with Crippen LogP contribution in [0.25, 0.3) is 0 Å². The van der Waals surface area contributed by atoms with E-state index in [1.807, 2.05) is 24.4 Å². The van der Waals surface area contributed by atoms with E-state index in [9.17, 15) is 0 Å². The summed E-state index contributed by atoms with van der Waals surface area (Å²) in [6, 6.07) is 12.3. The third-order valence-electron chi connectivity index (χ3n) is 3.97. The third-order valence-corrected chi connectivity index (χ3v) is 4.83. The Morgan fingerprint density at radius 3 is 3.00 bits per heavy atom. The van der Waals surface area contributed by atoms with E-state index in [1.165, 1.54) is 10.6 Å². The molecule has 1 aliphatic heterocycles. The van der Waals surface area contributed by atoms with Gasteiger partial charge in [0.15, 0.2) is 0 Å².